The van der Waals surface area contributed by atoms with Crippen molar-refractivity contribution in [1.29, 1.82) is 0 Å². The number of fused-ring (bicyclic) bond motifs is 1. The Hall–Kier alpha value is -1.33. The molecule has 86 valence electrons. The Morgan fingerprint density at radius 2 is 2.19 bits per heavy atom. The van der Waals surface area contributed by atoms with Gasteiger partial charge in [-0.1, -0.05) is 31.2 Å². The zero-order valence-electron chi connectivity index (χ0n) is 8.88. The average molecular weight is 239 g/mol. The van der Waals surface area contributed by atoms with Crippen LogP contribution >= 0.6 is 0 Å². The molecule has 0 aliphatic carbocycles. The van der Waals surface area contributed by atoms with Crippen molar-refractivity contribution in [3.05, 3.63) is 42.5 Å². The van der Waals surface area contributed by atoms with Crippen molar-refractivity contribution < 1.29 is 12.6 Å². The molecule has 0 bridgehead atoms. The molecule has 0 saturated heterocycles. The molecule has 1 aliphatic rings. The molecule has 1 N–H and O–H groups in total. The molecule has 0 amide bonds. The molecule has 0 unspecified atom stereocenters. The normalized spacial score (nSPS) is 23.9. The summed E-state index contributed by atoms with van der Waals surface area (Å²) in [5.41, 5.74) is 0.838. The van der Waals surface area contributed by atoms with E-state index in [1.54, 1.807) is 18.2 Å². The van der Waals surface area contributed by atoms with Crippen molar-refractivity contribution in [3.63, 3.8) is 0 Å². The van der Waals surface area contributed by atoms with Crippen molar-refractivity contribution in [3.8, 4) is 5.75 Å². The van der Waals surface area contributed by atoms with Gasteiger partial charge in [-0.2, -0.15) is 13.1 Å². The van der Waals surface area contributed by atoms with Gasteiger partial charge in [-0.05, 0) is 12.0 Å². The molecule has 1 aliphatic heterocycles. The standard InChI is InChI=1S/C11H13NO3S/c1-3-8(2)11-9-6-4-5-7-10(9)15-16(13,14)12-11/h3-8,11-12H,1H2,2H3/t8-,11-/m0/s1. The number of hydrogen-bond donors (Lipinski definition) is 1. The zero-order chi connectivity index (χ0) is 11.8. The van der Waals surface area contributed by atoms with Gasteiger partial charge in [0.15, 0.2) is 0 Å². The fourth-order valence-corrected chi connectivity index (χ4v) is 2.79. The molecule has 0 fully saturated rings. The highest BCUT2D eigenvalue weighted by molar-refractivity contribution is 7.85. The van der Waals surface area contributed by atoms with E-state index in [-0.39, 0.29) is 12.0 Å². The maximum atomic E-state index is 11.5. The molecule has 5 heteroatoms. The zero-order valence-corrected chi connectivity index (χ0v) is 9.70. The lowest BCUT2D eigenvalue weighted by Crippen LogP contribution is -2.39. The monoisotopic (exact) mass is 239 g/mol. The third-order valence-corrected chi connectivity index (χ3v) is 3.56. The first-order valence-corrected chi connectivity index (χ1v) is 6.37. The van der Waals surface area contributed by atoms with Crippen molar-refractivity contribution in [2.24, 2.45) is 5.92 Å². The maximum Gasteiger partial charge on any atom is 0.383 e. The summed E-state index contributed by atoms with van der Waals surface area (Å²) in [5.74, 6) is 0.389. The van der Waals surface area contributed by atoms with E-state index in [1.807, 2.05) is 19.1 Å². The quantitative estimate of drug-likeness (QED) is 0.800. The van der Waals surface area contributed by atoms with Crippen LogP contribution in [0.5, 0.6) is 5.75 Å². The summed E-state index contributed by atoms with van der Waals surface area (Å²) in [6, 6.07) is 6.78. The van der Waals surface area contributed by atoms with Crippen LogP contribution in [0.15, 0.2) is 36.9 Å². The van der Waals surface area contributed by atoms with Gasteiger partial charge in [-0.3, -0.25) is 0 Å². The lowest BCUT2D eigenvalue weighted by molar-refractivity contribution is 0.401. The van der Waals surface area contributed by atoms with Crippen LogP contribution < -0.4 is 8.91 Å². The molecule has 4 nitrogen and oxygen atoms in total. The number of nitrogens with one attached hydrogen (secondary N) is 1. The summed E-state index contributed by atoms with van der Waals surface area (Å²) in [7, 11) is -3.70. The molecule has 1 aromatic carbocycles. The van der Waals surface area contributed by atoms with Crippen LogP contribution in [-0.4, -0.2) is 8.42 Å². The van der Waals surface area contributed by atoms with Gasteiger partial charge in [0.05, 0.1) is 6.04 Å². The predicted molar refractivity (Wildman–Crippen MR) is 61.2 cm³/mol. The molecule has 0 saturated carbocycles. The molecule has 1 heterocycles. The third kappa shape index (κ3) is 1.96. The van der Waals surface area contributed by atoms with E-state index in [4.69, 9.17) is 4.18 Å². The van der Waals surface area contributed by atoms with E-state index >= 15 is 0 Å². The fraction of sp³-hybridized carbons (Fsp3) is 0.273. The minimum absolute atomic E-state index is 0.000162. The molecule has 2 atom stereocenters. The molecule has 16 heavy (non-hydrogen) atoms. The lowest BCUT2D eigenvalue weighted by atomic mass is 9.95. The Morgan fingerprint density at radius 3 is 2.88 bits per heavy atom. The molecular formula is C11H13NO3S. The van der Waals surface area contributed by atoms with Crippen LogP contribution in [0.2, 0.25) is 0 Å². The highest BCUT2D eigenvalue weighted by atomic mass is 32.2. The van der Waals surface area contributed by atoms with Gasteiger partial charge in [-0.25, -0.2) is 0 Å². The number of para-hydroxylation sites is 1. The van der Waals surface area contributed by atoms with Crippen molar-refractivity contribution >= 4 is 10.3 Å². The largest absolute Gasteiger partial charge is 0.383 e. The van der Waals surface area contributed by atoms with E-state index in [2.05, 4.69) is 11.3 Å². The summed E-state index contributed by atoms with van der Waals surface area (Å²) in [4.78, 5) is 0. The maximum absolute atomic E-state index is 11.5. The van der Waals surface area contributed by atoms with E-state index in [9.17, 15) is 8.42 Å². The Kier molecular flexibility index (Phi) is 2.73. The minimum atomic E-state index is -3.70. The van der Waals surface area contributed by atoms with Gasteiger partial charge in [0.2, 0.25) is 0 Å². The van der Waals surface area contributed by atoms with E-state index in [0.29, 0.717) is 5.75 Å². The van der Waals surface area contributed by atoms with Crippen LogP contribution in [0.1, 0.15) is 18.5 Å². The summed E-state index contributed by atoms with van der Waals surface area (Å²) in [5, 5.41) is 0. The molecule has 0 radical (unpaired) electrons. The molecule has 0 aromatic heterocycles. The van der Waals surface area contributed by atoms with E-state index in [0.717, 1.165) is 5.56 Å². The third-order valence-electron chi connectivity index (χ3n) is 2.62. The van der Waals surface area contributed by atoms with Crippen LogP contribution in [-0.2, 0) is 10.3 Å². The van der Waals surface area contributed by atoms with Gasteiger partial charge in [-0.15, -0.1) is 6.58 Å². The number of rotatable bonds is 2. The van der Waals surface area contributed by atoms with E-state index < -0.39 is 10.3 Å². The summed E-state index contributed by atoms with van der Waals surface area (Å²) >= 11 is 0. The number of benzene rings is 1. The van der Waals surface area contributed by atoms with Crippen LogP contribution in [0.3, 0.4) is 0 Å². The molecule has 0 spiro atoms. The lowest BCUT2D eigenvalue weighted by Gasteiger charge is -2.28. The first kappa shape index (κ1) is 11.2. The predicted octanol–water partition coefficient (Wildman–Crippen LogP) is 1.78. The van der Waals surface area contributed by atoms with Gasteiger partial charge in [0, 0.05) is 5.56 Å². The van der Waals surface area contributed by atoms with Gasteiger partial charge < -0.3 is 4.18 Å². The van der Waals surface area contributed by atoms with Crippen molar-refractivity contribution in [1.82, 2.24) is 4.72 Å². The first-order valence-electron chi connectivity index (χ1n) is 4.97. The fourth-order valence-electron chi connectivity index (χ4n) is 1.70. The van der Waals surface area contributed by atoms with Crippen LogP contribution in [0, 0.1) is 5.92 Å². The second-order valence-electron chi connectivity index (χ2n) is 3.77. The van der Waals surface area contributed by atoms with Crippen LogP contribution in [0.4, 0.5) is 0 Å². The average Bonchev–Trinajstić information content (AvgIpc) is 2.25. The Labute approximate surface area is 95.2 Å². The summed E-state index contributed by atoms with van der Waals surface area (Å²) < 4.78 is 30.3. The highest BCUT2D eigenvalue weighted by Crippen LogP contribution is 2.35. The summed E-state index contributed by atoms with van der Waals surface area (Å²) in [6.45, 7) is 5.59. The number of hydrogen-bond acceptors (Lipinski definition) is 3. The first-order chi connectivity index (χ1) is 7.53. The molecule has 1 aromatic rings. The Balaban J connectivity index is 2.51. The smallest absolute Gasteiger partial charge is 0.371 e. The molecule has 2 rings (SSSR count). The molecular weight excluding hydrogens is 226 g/mol. The SMILES string of the molecule is C=C[C@H](C)[C@@H]1NS(=O)(=O)Oc2ccccc21. The van der Waals surface area contributed by atoms with Gasteiger partial charge >= 0.3 is 10.3 Å². The van der Waals surface area contributed by atoms with Crippen molar-refractivity contribution in [2.75, 3.05) is 0 Å². The minimum Gasteiger partial charge on any atom is -0.371 e. The Bertz CT molecular complexity index is 510. The highest BCUT2D eigenvalue weighted by Gasteiger charge is 2.32. The second kappa shape index (κ2) is 3.92. The van der Waals surface area contributed by atoms with Crippen LogP contribution in [0.25, 0.3) is 0 Å². The second-order valence-corrected chi connectivity index (χ2v) is 5.08. The van der Waals surface area contributed by atoms with Gasteiger partial charge in [0.25, 0.3) is 0 Å². The van der Waals surface area contributed by atoms with Gasteiger partial charge in [0.1, 0.15) is 5.75 Å². The van der Waals surface area contributed by atoms with Crippen molar-refractivity contribution in [2.45, 2.75) is 13.0 Å². The van der Waals surface area contributed by atoms with E-state index in [1.165, 1.54) is 0 Å². The summed E-state index contributed by atoms with van der Waals surface area (Å²) in [6.07, 6.45) is 1.72. The Morgan fingerprint density at radius 1 is 1.50 bits per heavy atom. The topological polar surface area (TPSA) is 55.4 Å².